The largest absolute Gasteiger partial charge is 0.497 e. The summed E-state index contributed by atoms with van der Waals surface area (Å²) in [5.41, 5.74) is 1.04. The SMILES string of the molecule is COc1cccc(/C=C/C(C)C(C)=O)c1. The van der Waals surface area contributed by atoms with Crippen LogP contribution in [0.15, 0.2) is 30.3 Å². The zero-order valence-electron chi connectivity index (χ0n) is 9.36. The van der Waals surface area contributed by atoms with Gasteiger partial charge < -0.3 is 4.74 Å². The second-order valence-electron chi connectivity index (χ2n) is 3.54. The molecule has 0 aliphatic carbocycles. The lowest BCUT2D eigenvalue weighted by Crippen LogP contribution is -2.01. The van der Waals surface area contributed by atoms with Crippen LogP contribution in [0, 0.1) is 5.92 Å². The maximum absolute atomic E-state index is 11.0. The molecule has 0 fully saturated rings. The standard InChI is InChI=1S/C13H16O2/c1-10(11(2)14)7-8-12-5-4-6-13(9-12)15-3/h4-10H,1-3H3/b8-7+. The Morgan fingerprint density at radius 3 is 2.80 bits per heavy atom. The molecule has 0 bridgehead atoms. The molecule has 0 spiro atoms. The van der Waals surface area contributed by atoms with Gasteiger partial charge in [-0.15, -0.1) is 0 Å². The molecule has 0 aromatic heterocycles. The first-order valence-corrected chi connectivity index (χ1v) is 4.96. The van der Waals surface area contributed by atoms with Crippen molar-refractivity contribution in [2.75, 3.05) is 7.11 Å². The molecule has 1 aromatic rings. The number of rotatable bonds is 4. The predicted molar refractivity (Wildman–Crippen MR) is 61.9 cm³/mol. The average Bonchev–Trinajstić information content (AvgIpc) is 2.26. The van der Waals surface area contributed by atoms with Crippen LogP contribution >= 0.6 is 0 Å². The molecule has 0 aliphatic rings. The molecule has 0 radical (unpaired) electrons. The van der Waals surface area contributed by atoms with E-state index in [1.807, 2.05) is 43.3 Å². The fourth-order valence-corrected chi connectivity index (χ4v) is 1.14. The van der Waals surface area contributed by atoms with Gasteiger partial charge in [0.25, 0.3) is 0 Å². The first-order chi connectivity index (χ1) is 7.13. The number of ether oxygens (including phenoxy) is 1. The summed E-state index contributed by atoms with van der Waals surface area (Å²) in [6.07, 6.45) is 3.84. The summed E-state index contributed by atoms with van der Waals surface area (Å²) < 4.78 is 5.11. The van der Waals surface area contributed by atoms with E-state index in [1.165, 1.54) is 0 Å². The number of methoxy groups -OCH3 is 1. The fraction of sp³-hybridized carbons (Fsp3) is 0.308. The summed E-state index contributed by atoms with van der Waals surface area (Å²) in [5.74, 6) is 0.970. The van der Waals surface area contributed by atoms with Crippen LogP contribution in [0.3, 0.4) is 0 Å². The Morgan fingerprint density at radius 1 is 1.47 bits per heavy atom. The first kappa shape index (κ1) is 11.5. The van der Waals surface area contributed by atoms with Crippen molar-refractivity contribution in [1.29, 1.82) is 0 Å². The Hall–Kier alpha value is -1.57. The van der Waals surface area contributed by atoms with E-state index in [4.69, 9.17) is 4.74 Å². The fourth-order valence-electron chi connectivity index (χ4n) is 1.14. The molecule has 1 unspecified atom stereocenters. The molecule has 2 nitrogen and oxygen atoms in total. The summed E-state index contributed by atoms with van der Waals surface area (Å²) in [6, 6.07) is 7.73. The highest BCUT2D eigenvalue weighted by atomic mass is 16.5. The summed E-state index contributed by atoms with van der Waals surface area (Å²) in [5, 5.41) is 0. The Labute approximate surface area is 90.6 Å². The number of allylic oxidation sites excluding steroid dienone is 1. The lowest BCUT2D eigenvalue weighted by molar-refractivity contribution is -0.118. The second kappa shape index (κ2) is 5.35. The minimum atomic E-state index is -0.0313. The predicted octanol–water partition coefficient (Wildman–Crippen LogP) is 2.93. The van der Waals surface area contributed by atoms with Crippen molar-refractivity contribution < 1.29 is 9.53 Å². The molecule has 0 N–H and O–H groups in total. The minimum Gasteiger partial charge on any atom is -0.497 e. The lowest BCUT2D eigenvalue weighted by Gasteiger charge is -2.01. The highest BCUT2D eigenvalue weighted by Gasteiger charge is 2.01. The van der Waals surface area contributed by atoms with Crippen LogP contribution < -0.4 is 4.74 Å². The zero-order chi connectivity index (χ0) is 11.3. The Morgan fingerprint density at radius 2 is 2.20 bits per heavy atom. The maximum atomic E-state index is 11.0. The molecule has 0 saturated carbocycles. The van der Waals surface area contributed by atoms with Crippen LogP contribution in [0.2, 0.25) is 0 Å². The molecule has 0 amide bonds. The van der Waals surface area contributed by atoms with Crippen LogP contribution in [0.4, 0.5) is 0 Å². The molecular formula is C13H16O2. The number of hydrogen-bond acceptors (Lipinski definition) is 2. The molecule has 0 aliphatic heterocycles. The third-order valence-electron chi connectivity index (χ3n) is 2.31. The smallest absolute Gasteiger partial charge is 0.136 e. The third kappa shape index (κ3) is 3.58. The van der Waals surface area contributed by atoms with Gasteiger partial charge in [-0.3, -0.25) is 4.79 Å². The highest BCUT2D eigenvalue weighted by Crippen LogP contribution is 2.14. The summed E-state index contributed by atoms with van der Waals surface area (Å²) in [7, 11) is 1.64. The van der Waals surface area contributed by atoms with Crippen LogP contribution in [-0.4, -0.2) is 12.9 Å². The van der Waals surface area contributed by atoms with E-state index >= 15 is 0 Å². The number of ketones is 1. The zero-order valence-corrected chi connectivity index (χ0v) is 9.36. The van der Waals surface area contributed by atoms with E-state index in [0.29, 0.717) is 0 Å². The third-order valence-corrected chi connectivity index (χ3v) is 2.31. The molecule has 2 heteroatoms. The van der Waals surface area contributed by atoms with Gasteiger partial charge in [0.05, 0.1) is 7.11 Å². The molecule has 15 heavy (non-hydrogen) atoms. The van der Waals surface area contributed by atoms with Gasteiger partial charge in [0.1, 0.15) is 11.5 Å². The van der Waals surface area contributed by atoms with E-state index in [0.717, 1.165) is 11.3 Å². The van der Waals surface area contributed by atoms with Gasteiger partial charge in [0.2, 0.25) is 0 Å². The van der Waals surface area contributed by atoms with Crippen molar-refractivity contribution in [2.24, 2.45) is 5.92 Å². The highest BCUT2D eigenvalue weighted by molar-refractivity contribution is 5.80. The van der Waals surface area contributed by atoms with Crippen LogP contribution in [0.1, 0.15) is 19.4 Å². The van der Waals surface area contributed by atoms with Crippen molar-refractivity contribution in [1.82, 2.24) is 0 Å². The monoisotopic (exact) mass is 204 g/mol. The molecule has 1 atom stereocenters. The van der Waals surface area contributed by atoms with Crippen molar-refractivity contribution >= 4 is 11.9 Å². The number of Topliss-reactive ketones (excluding diaryl/α,β-unsaturated/α-hetero) is 1. The van der Waals surface area contributed by atoms with Gasteiger partial charge in [-0.2, -0.15) is 0 Å². The van der Waals surface area contributed by atoms with Crippen molar-refractivity contribution in [3.63, 3.8) is 0 Å². The minimum absolute atomic E-state index is 0.0313. The second-order valence-corrected chi connectivity index (χ2v) is 3.54. The van der Waals surface area contributed by atoms with Crippen LogP contribution in [0.5, 0.6) is 5.75 Å². The number of carbonyl (C=O) groups is 1. The average molecular weight is 204 g/mol. The van der Waals surface area contributed by atoms with E-state index in [2.05, 4.69) is 0 Å². The molecule has 0 heterocycles. The van der Waals surface area contributed by atoms with Crippen molar-refractivity contribution in [3.8, 4) is 5.75 Å². The van der Waals surface area contributed by atoms with Crippen LogP contribution in [-0.2, 0) is 4.79 Å². The van der Waals surface area contributed by atoms with Crippen molar-refractivity contribution in [2.45, 2.75) is 13.8 Å². The number of carbonyl (C=O) groups excluding carboxylic acids is 1. The molecule has 1 rings (SSSR count). The Balaban J connectivity index is 2.75. The van der Waals surface area contributed by atoms with Gasteiger partial charge in [0.15, 0.2) is 0 Å². The Kier molecular flexibility index (Phi) is 4.10. The van der Waals surface area contributed by atoms with Gasteiger partial charge in [-0.25, -0.2) is 0 Å². The van der Waals surface area contributed by atoms with Gasteiger partial charge in [-0.1, -0.05) is 31.2 Å². The topological polar surface area (TPSA) is 26.3 Å². The van der Waals surface area contributed by atoms with E-state index in [-0.39, 0.29) is 11.7 Å². The molecule has 1 aromatic carbocycles. The summed E-state index contributed by atoms with van der Waals surface area (Å²) >= 11 is 0. The van der Waals surface area contributed by atoms with Crippen molar-refractivity contribution in [3.05, 3.63) is 35.9 Å². The number of hydrogen-bond donors (Lipinski definition) is 0. The van der Waals surface area contributed by atoms with Gasteiger partial charge in [-0.05, 0) is 24.6 Å². The molecule has 80 valence electrons. The van der Waals surface area contributed by atoms with E-state index < -0.39 is 0 Å². The van der Waals surface area contributed by atoms with E-state index in [9.17, 15) is 4.79 Å². The molecule has 0 saturated heterocycles. The van der Waals surface area contributed by atoms with Crippen LogP contribution in [0.25, 0.3) is 6.08 Å². The normalized spacial score (nSPS) is 12.7. The summed E-state index contributed by atoms with van der Waals surface area (Å²) in [4.78, 5) is 11.0. The van der Waals surface area contributed by atoms with E-state index in [1.54, 1.807) is 14.0 Å². The maximum Gasteiger partial charge on any atom is 0.136 e. The lowest BCUT2D eigenvalue weighted by atomic mass is 10.1. The van der Waals surface area contributed by atoms with Gasteiger partial charge in [0, 0.05) is 5.92 Å². The first-order valence-electron chi connectivity index (χ1n) is 4.96. The molecular weight excluding hydrogens is 188 g/mol. The number of benzene rings is 1. The quantitative estimate of drug-likeness (QED) is 0.753. The Bertz CT molecular complexity index is 367. The van der Waals surface area contributed by atoms with Gasteiger partial charge >= 0.3 is 0 Å². The summed E-state index contributed by atoms with van der Waals surface area (Å²) in [6.45, 7) is 3.49.